The number of aromatic nitrogens is 2. The second-order valence-corrected chi connectivity index (χ2v) is 9.40. The molecule has 0 saturated carbocycles. The molecular weight excluding hydrogens is 530 g/mol. The van der Waals surface area contributed by atoms with Gasteiger partial charge in [0.25, 0.3) is 5.56 Å². The Bertz CT molecular complexity index is 1610. The topological polar surface area (TPSA) is 69.6 Å². The lowest BCUT2D eigenvalue weighted by molar-refractivity contribution is 0.215. The first-order chi connectivity index (χ1) is 16.9. The number of rotatable bonds is 6. The molecule has 0 fully saturated rings. The number of hydrogen-bond acceptors (Lipinski definition) is 5. The fourth-order valence-corrected chi connectivity index (χ4v) is 4.61. The summed E-state index contributed by atoms with van der Waals surface area (Å²) >= 11 is 9.85. The summed E-state index contributed by atoms with van der Waals surface area (Å²) in [5.41, 5.74) is 1.57. The van der Waals surface area contributed by atoms with Crippen molar-refractivity contribution in [3.8, 4) is 17.3 Å². The van der Waals surface area contributed by atoms with Crippen LogP contribution in [0.5, 0.6) is 5.75 Å². The van der Waals surface area contributed by atoms with Crippen LogP contribution in [0.3, 0.4) is 0 Å². The number of furan rings is 1. The van der Waals surface area contributed by atoms with Gasteiger partial charge in [0.2, 0.25) is 5.82 Å². The minimum atomic E-state index is -0.312. The molecule has 0 aliphatic rings. The van der Waals surface area contributed by atoms with E-state index < -0.39 is 0 Å². The zero-order valence-electron chi connectivity index (χ0n) is 19.0. The Kier molecular flexibility index (Phi) is 6.45. The summed E-state index contributed by atoms with van der Waals surface area (Å²) in [5.74, 6) is 1.33. The van der Waals surface area contributed by atoms with Gasteiger partial charge in [-0.2, -0.15) is 9.78 Å². The van der Waals surface area contributed by atoms with Gasteiger partial charge in [0.05, 0.1) is 27.7 Å². The van der Waals surface area contributed by atoms with Gasteiger partial charge in [0, 0.05) is 16.0 Å². The molecule has 0 unspecified atom stereocenters. The van der Waals surface area contributed by atoms with Crippen LogP contribution in [0.4, 0.5) is 0 Å². The highest BCUT2D eigenvalue weighted by Crippen LogP contribution is 2.33. The second-order valence-electron chi connectivity index (χ2n) is 8.11. The van der Waals surface area contributed by atoms with Crippen molar-refractivity contribution in [2.75, 3.05) is 0 Å². The van der Waals surface area contributed by atoms with Crippen molar-refractivity contribution in [3.63, 3.8) is 0 Å². The molecule has 2 heterocycles. The van der Waals surface area contributed by atoms with E-state index in [4.69, 9.17) is 25.7 Å². The normalized spacial score (nSPS) is 12.6. The molecule has 5 aromatic rings. The first kappa shape index (κ1) is 23.3. The fraction of sp³-hybridized carbons (Fsp3) is 0.148. The fourth-order valence-electron chi connectivity index (χ4n) is 3.69. The van der Waals surface area contributed by atoms with Crippen molar-refractivity contribution in [2.24, 2.45) is 5.10 Å². The molecule has 8 heteroatoms. The highest BCUT2D eigenvalue weighted by Gasteiger charge is 2.17. The molecule has 35 heavy (non-hydrogen) atoms. The zero-order valence-corrected chi connectivity index (χ0v) is 21.4. The lowest BCUT2D eigenvalue weighted by Crippen LogP contribution is -2.20. The summed E-state index contributed by atoms with van der Waals surface area (Å²) < 4.78 is 14.1. The number of para-hydroxylation sites is 2. The summed E-state index contributed by atoms with van der Waals surface area (Å²) in [6, 6.07) is 20.2. The van der Waals surface area contributed by atoms with Crippen LogP contribution in [-0.2, 0) is 0 Å². The van der Waals surface area contributed by atoms with Crippen molar-refractivity contribution < 1.29 is 9.15 Å². The number of halogens is 2. The molecule has 0 radical (unpaired) electrons. The molecule has 5 rings (SSSR count). The molecule has 6 nitrogen and oxygen atoms in total. The highest BCUT2D eigenvalue weighted by atomic mass is 79.9. The Labute approximate surface area is 214 Å². The quantitative estimate of drug-likeness (QED) is 0.208. The first-order valence-corrected chi connectivity index (χ1v) is 12.3. The van der Waals surface area contributed by atoms with Crippen LogP contribution in [0.15, 0.2) is 85.5 Å². The van der Waals surface area contributed by atoms with Crippen molar-refractivity contribution in [1.29, 1.82) is 0 Å². The maximum Gasteiger partial charge on any atom is 0.282 e. The summed E-state index contributed by atoms with van der Waals surface area (Å²) in [4.78, 5) is 18.2. The molecule has 0 aliphatic carbocycles. The third-order valence-corrected chi connectivity index (χ3v) is 6.45. The SMILES string of the molecule is CC[C@H](C)Oc1c(Br)cc(Cl)cc1C=Nn1c(-c2cc3ccccc3o2)nc2ccccc2c1=O. The van der Waals surface area contributed by atoms with Crippen LogP contribution in [0.25, 0.3) is 33.5 Å². The molecule has 0 saturated heterocycles. The maximum atomic E-state index is 13.5. The van der Waals surface area contributed by atoms with Crippen molar-refractivity contribution >= 4 is 55.6 Å². The molecule has 0 aliphatic heterocycles. The van der Waals surface area contributed by atoms with Crippen LogP contribution in [0.1, 0.15) is 25.8 Å². The van der Waals surface area contributed by atoms with E-state index in [0.717, 1.165) is 11.8 Å². The van der Waals surface area contributed by atoms with Gasteiger partial charge in [-0.05, 0) is 65.7 Å². The van der Waals surface area contributed by atoms with E-state index in [-0.39, 0.29) is 11.7 Å². The molecule has 0 amide bonds. The minimum Gasteiger partial charge on any atom is -0.489 e. The Morgan fingerprint density at radius 2 is 1.94 bits per heavy atom. The Hall–Kier alpha value is -3.42. The minimum absolute atomic E-state index is 0.0178. The number of benzene rings is 3. The monoisotopic (exact) mass is 549 g/mol. The average Bonchev–Trinajstić information content (AvgIpc) is 3.29. The van der Waals surface area contributed by atoms with Gasteiger partial charge in [0.15, 0.2) is 5.76 Å². The van der Waals surface area contributed by atoms with E-state index in [9.17, 15) is 4.79 Å². The van der Waals surface area contributed by atoms with Crippen LogP contribution < -0.4 is 10.3 Å². The van der Waals surface area contributed by atoms with E-state index in [1.54, 1.807) is 36.5 Å². The largest absolute Gasteiger partial charge is 0.489 e. The molecule has 2 aromatic heterocycles. The predicted octanol–water partition coefficient (Wildman–Crippen LogP) is 7.29. The van der Waals surface area contributed by atoms with E-state index >= 15 is 0 Å². The molecule has 0 bridgehead atoms. The maximum absolute atomic E-state index is 13.5. The molecule has 3 aromatic carbocycles. The summed E-state index contributed by atoms with van der Waals surface area (Å²) in [7, 11) is 0. The van der Waals surface area contributed by atoms with Crippen molar-refractivity contribution in [2.45, 2.75) is 26.4 Å². The van der Waals surface area contributed by atoms with Crippen LogP contribution in [0, 0.1) is 0 Å². The zero-order chi connectivity index (χ0) is 24.5. The molecule has 0 N–H and O–H groups in total. The van der Waals surface area contributed by atoms with Crippen molar-refractivity contribution in [3.05, 3.63) is 92.1 Å². The summed E-state index contributed by atoms with van der Waals surface area (Å²) in [5, 5.41) is 6.41. The average molecular weight is 551 g/mol. The molecule has 1 atom stereocenters. The Morgan fingerprint density at radius 3 is 2.74 bits per heavy atom. The molecule has 176 valence electrons. The first-order valence-electron chi connectivity index (χ1n) is 11.2. The van der Waals surface area contributed by atoms with Crippen LogP contribution in [0.2, 0.25) is 5.02 Å². The standard InChI is InChI=1S/C27H21BrClN3O3/c1-3-16(2)34-25-18(12-19(29)14-21(25)28)15-30-32-26(24-13-17-8-4-7-11-23(17)35-24)31-22-10-6-5-9-20(22)27(32)33/h4-16H,3H2,1-2H3/t16-/m0/s1. The predicted molar refractivity (Wildman–Crippen MR) is 144 cm³/mol. The van der Waals surface area contributed by atoms with Gasteiger partial charge in [-0.15, -0.1) is 0 Å². The number of hydrogen-bond donors (Lipinski definition) is 0. The van der Waals surface area contributed by atoms with Gasteiger partial charge >= 0.3 is 0 Å². The van der Waals surface area contributed by atoms with E-state index in [1.807, 2.05) is 50.2 Å². The number of fused-ring (bicyclic) bond motifs is 2. The van der Waals surface area contributed by atoms with E-state index in [0.29, 0.717) is 48.9 Å². The Balaban J connectivity index is 1.70. The van der Waals surface area contributed by atoms with Gasteiger partial charge in [-0.1, -0.05) is 48.9 Å². The lowest BCUT2D eigenvalue weighted by Gasteiger charge is -2.16. The van der Waals surface area contributed by atoms with Gasteiger partial charge in [-0.25, -0.2) is 4.98 Å². The van der Waals surface area contributed by atoms with Crippen molar-refractivity contribution in [1.82, 2.24) is 9.66 Å². The van der Waals surface area contributed by atoms with Crippen LogP contribution >= 0.6 is 27.5 Å². The van der Waals surface area contributed by atoms with Gasteiger partial charge in [-0.3, -0.25) is 4.79 Å². The summed E-state index contributed by atoms with van der Waals surface area (Å²) in [6.07, 6.45) is 2.37. The number of ether oxygens (including phenoxy) is 1. The molecule has 0 spiro atoms. The van der Waals surface area contributed by atoms with E-state index in [2.05, 4.69) is 21.0 Å². The highest BCUT2D eigenvalue weighted by molar-refractivity contribution is 9.10. The lowest BCUT2D eigenvalue weighted by atomic mass is 10.2. The molecular formula is C27H21BrClN3O3. The number of nitrogens with zero attached hydrogens (tertiary/aromatic N) is 3. The third kappa shape index (κ3) is 4.61. The van der Waals surface area contributed by atoms with Gasteiger partial charge in [0.1, 0.15) is 11.3 Å². The van der Waals surface area contributed by atoms with E-state index in [1.165, 1.54) is 4.68 Å². The second kappa shape index (κ2) is 9.68. The smallest absolute Gasteiger partial charge is 0.282 e. The Morgan fingerprint density at radius 1 is 1.17 bits per heavy atom. The third-order valence-electron chi connectivity index (χ3n) is 5.64. The van der Waals surface area contributed by atoms with Gasteiger partial charge < -0.3 is 9.15 Å². The summed E-state index contributed by atoms with van der Waals surface area (Å²) in [6.45, 7) is 4.03. The van der Waals surface area contributed by atoms with Crippen LogP contribution in [-0.4, -0.2) is 22.0 Å².